The molecule has 2 aromatic rings. The van der Waals surface area contributed by atoms with Crippen molar-refractivity contribution in [3.63, 3.8) is 0 Å². The standard InChI is InChI=1S/C22H26N2O2/c1-3-4-7-16-19(20(23)25)24-21(26)22(2,17-12-8-5-9-13-17)18-14-10-6-11-15-18/h3,5-6,8-15,19H,1,4,7,16H2,2H3,(H2,23,25)(H,24,26)/t19-/m0/s1. The number of rotatable bonds is 9. The lowest BCUT2D eigenvalue weighted by molar-refractivity contribution is -0.130. The van der Waals surface area contributed by atoms with E-state index in [9.17, 15) is 9.59 Å². The first-order chi connectivity index (χ1) is 12.5. The van der Waals surface area contributed by atoms with Crippen LogP contribution in [-0.2, 0) is 15.0 Å². The van der Waals surface area contributed by atoms with Gasteiger partial charge in [0.2, 0.25) is 11.8 Å². The average Bonchev–Trinajstić information content (AvgIpc) is 2.67. The molecule has 0 bridgehead atoms. The summed E-state index contributed by atoms with van der Waals surface area (Å²) in [6, 6.07) is 18.4. The minimum atomic E-state index is -0.922. The Hall–Kier alpha value is -2.88. The monoisotopic (exact) mass is 350 g/mol. The summed E-state index contributed by atoms with van der Waals surface area (Å²) in [4.78, 5) is 25.1. The first-order valence-electron chi connectivity index (χ1n) is 8.82. The molecule has 0 heterocycles. The molecular formula is C22H26N2O2. The molecular weight excluding hydrogens is 324 g/mol. The number of allylic oxidation sites excluding steroid dienone is 1. The van der Waals surface area contributed by atoms with Crippen LogP contribution in [0.15, 0.2) is 73.3 Å². The summed E-state index contributed by atoms with van der Waals surface area (Å²) >= 11 is 0. The largest absolute Gasteiger partial charge is 0.368 e. The highest BCUT2D eigenvalue weighted by Gasteiger charge is 2.38. The molecule has 1 atom stereocenters. The summed E-state index contributed by atoms with van der Waals surface area (Å²) in [5.41, 5.74) is 6.30. The van der Waals surface area contributed by atoms with Crippen molar-refractivity contribution in [1.82, 2.24) is 5.32 Å². The molecule has 0 aromatic heterocycles. The third-order valence-electron chi connectivity index (χ3n) is 4.71. The van der Waals surface area contributed by atoms with Gasteiger partial charge < -0.3 is 11.1 Å². The molecule has 26 heavy (non-hydrogen) atoms. The molecule has 0 aliphatic heterocycles. The van der Waals surface area contributed by atoms with Crippen molar-refractivity contribution in [2.75, 3.05) is 0 Å². The van der Waals surface area contributed by atoms with Crippen LogP contribution in [0.25, 0.3) is 0 Å². The van der Waals surface area contributed by atoms with Crippen molar-refractivity contribution in [2.24, 2.45) is 5.73 Å². The zero-order valence-corrected chi connectivity index (χ0v) is 15.2. The summed E-state index contributed by atoms with van der Waals surface area (Å²) in [7, 11) is 0. The van der Waals surface area contributed by atoms with Crippen molar-refractivity contribution < 1.29 is 9.59 Å². The second-order valence-corrected chi connectivity index (χ2v) is 6.51. The number of amides is 2. The third kappa shape index (κ3) is 4.39. The smallest absolute Gasteiger partial charge is 0.240 e. The van der Waals surface area contributed by atoms with Gasteiger partial charge in [-0.2, -0.15) is 0 Å². The van der Waals surface area contributed by atoms with E-state index in [1.807, 2.05) is 67.6 Å². The number of hydrogen-bond acceptors (Lipinski definition) is 2. The van der Waals surface area contributed by atoms with Gasteiger partial charge in [-0.3, -0.25) is 9.59 Å². The highest BCUT2D eigenvalue weighted by Crippen LogP contribution is 2.32. The Labute approximate surface area is 155 Å². The third-order valence-corrected chi connectivity index (χ3v) is 4.71. The Morgan fingerprint density at radius 3 is 2.00 bits per heavy atom. The molecule has 3 N–H and O–H groups in total. The van der Waals surface area contributed by atoms with Crippen LogP contribution in [-0.4, -0.2) is 17.9 Å². The van der Waals surface area contributed by atoms with E-state index < -0.39 is 17.4 Å². The summed E-state index contributed by atoms with van der Waals surface area (Å²) in [6.45, 7) is 5.55. The Morgan fingerprint density at radius 1 is 1.08 bits per heavy atom. The highest BCUT2D eigenvalue weighted by atomic mass is 16.2. The number of hydrogen-bond donors (Lipinski definition) is 2. The van der Waals surface area contributed by atoms with E-state index in [1.165, 1.54) is 0 Å². The van der Waals surface area contributed by atoms with Crippen LogP contribution in [0.4, 0.5) is 0 Å². The van der Waals surface area contributed by atoms with Crippen molar-refractivity contribution in [2.45, 2.75) is 37.6 Å². The molecule has 0 fully saturated rings. The fourth-order valence-electron chi connectivity index (χ4n) is 3.03. The number of benzene rings is 2. The Kier molecular flexibility index (Phi) is 6.73. The number of primary amides is 1. The van der Waals surface area contributed by atoms with E-state index in [-0.39, 0.29) is 5.91 Å². The van der Waals surface area contributed by atoms with Gasteiger partial charge in [0.15, 0.2) is 0 Å². The second kappa shape index (κ2) is 8.99. The van der Waals surface area contributed by atoms with Crippen LogP contribution in [0.5, 0.6) is 0 Å². The van der Waals surface area contributed by atoms with Gasteiger partial charge in [-0.25, -0.2) is 0 Å². The van der Waals surface area contributed by atoms with Gasteiger partial charge in [-0.15, -0.1) is 6.58 Å². The molecule has 136 valence electrons. The topological polar surface area (TPSA) is 72.2 Å². The SMILES string of the molecule is C=CCCC[C@H](NC(=O)C(C)(c1ccccc1)c1ccccc1)C(N)=O. The lowest BCUT2D eigenvalue weighted by atomic mass is 9.75. The van der Waals surface area contributed by atoms with Gasteiger partial charge in [0.05, 0.1) is 5.41 Å². The van der Waals surface area contributed by atoms with Crippen molar-refractivity contribution in [1.29, 1.82) is 0 Å². The molecule has 2 amide bonds. The van der Waals surface area contributed by atoms with E-state index in [0.717, 1.165) is 24.0 Å². The molecule has 0 saturated carbocycles. The molecule has 0 aliphatic rings. The van der Waals surface area contributed by atoms with E-state index >= 15 is 0 Å². The number of nitrogens with one attached hydrogen (secondary N) is 1. The van der Waals surface area contributed by atoms with Gasteiger partial charge >= 0.3 is 0 Å². The van der Waals surface area contributed by atoms with Crippen LogP contribution in [0.1, 0.15) is 37.3 Å². The molecule has 0 aliphatic carbocycles. The number of carbonyl (C=O) groups excluding carboxylic acids is 2. The summed E-state index contributed by atoms with van der Waals surface area (Å²) in [5, 5.41) is 2.87. The zero-order chi connectivity index (χ0) is 19.0. The van der Waals surface area contributed by atoms with Crippen molar-refractivity contribution >= 4 is 11.8 Å². The van der Waals surface area contributed by atoms with Gasteiger partial charge in [0, 0.05) is 0 Å². The van der Waals surface area contributed by atoms with Crippen LogP contribution in [0, 0.1) is 0 Å². The molecule has 0 radical (unpaired) electrons. The summed E-state index contributed by atoms with van der Waals surface area (Å²) in [5.74, 6) is -0.761. The predicted molar refractivity (Wildman–Crippen MR) is 105 cm³/mol. The molecule has 0 spiro atoms. The second-order valence-electron chi connectivity index (χ2n) is 6.51. The van der Waals surface area contributed by atoms with Gasteiger partial charge in [-0.05, 0) is 37.3 Å². The lowest BCUT2D eigenvalue weighted by Gasteiger charge is -2.31. The fourth-order valence-corrected chi connectivity index (χ4v) is 3.03. The van der Waals surface area contributed by atoms with E-state index in [4.69, 9.17) is 5.73 Å². The number of nitrogens with two attached hydrogens (primary N) is 1. The summed E-state index contributed by atoms with van der Waals surface area (Å²) < 4.78 is 0. The normalized spacial score (nSPS) is 12.2. The molecule has 0 saturated heterocycles. The Balaban J connectivity index is 2.34. The van der Waals surface area contributed by atoms with Crippen LogP contribution < -0.4 is 11.1 Å². The first-order valence-corrected chi connectivity index (χ1v) is 8.82. The predicted octanol–water partition coefficient (Wildman–Crippen LogP) is 3.32. The first kappa shape index (κ1) is 19.4. The lowest BCUT2D eigenvalue weighted by Crippen LogP contribution is -2.51. The molecule has 0 unspecified atom stereocenters. The molecule has 4 nitrogen and oxygen atoms in total. The van der Waals surface area contributed by atoms with Crippen molar-refractivity contribution in [3.05, 3.63) is 84.4 Å². The van der Waals surface area contributed by atoms with Crippen LogP contribution >= 0.6 is 0 Å². The Bertz CT molecular complexity index is 702. The molecule has 4 heteroatoms. The molecule has 2 aromatic carbocycles. The fraction of sp³-hybridized carbons (Fsp3) is 0.273. The van der Waals surface area contributed by atoms with Crippen LogP contribution in [0.3, 0.4) is 0 Å². The average molecular weight is 350 g/mol. The maximum atomic E-state index is 13.3. The van der Waals surface area contributed by atoms with Crippen molar-refractivity contribution in [3.8, 4) is 0 Å². The van der Waals surface area contributed by atoms with Gasteiger partial charge in [0.25, 0.3) is 0 Å². The van der Waals surface area contributed by atoms with E-state index in [2.05, 4.69) is 11.9 Å². The van der Waals surface area contributed by atoms with Crippen LogP contribution in [0.2, 0.25) is 0 Å². The zero-order valence-electron chi connectivity index (χ0n) is 15.2. The maximum Gasteiger partial charge on any atom is 0.240 e. The number of carbonyl (C=O) groups is 2. The Morgan fingerprint density at radius 2 is 1.58 bits per heavy atom. The van der Waals surface area contributed by atoms with E-state index in [0.29, 0.717) is 6.42 Å². The highest BCUT2D eigenvalue weighted by molar-refractivity contribution is 5.95. The summed E-state index contributed by atoms with van der Waals surface area (Å²) in [6.07, 6.45) is 3.80. The van der Waals surface area contributed by atoms with E-state index in [1.54, 1.807) is 6.08 Å². The van der Waals surface area contributed by atoms with Gasteiger partial charge in [0.1, 0.15) is 6.04 Å². The minimum absolute atomic E-state index is 0.239. The quantitative estimate of drug-likeness (QED) is 0.538. The minimum Gasteiger partial charge on any atom is -0.368 e. The molecule has 2 rings (SSSR count). The maximum absolute atomic E-state index is 13.3. The van der Waals surface area contributed by atoms with Gasteiger partial charge in [-0.1, -0.05) is 66.7 Å². The number of unbranched alkanes of at least 4 members (excludes halogenated alkanes) is 1.